The van der Waals surface area contributed by atoms with E-state index in [1.165, 1.54) is 10.4 Å². The van der Waals surface area contributed by atoms with Crippen LogP contribution in [0.5, 0.6) is 11.5 Å². The first-order valence-electron chi connectivity index (χ1n) is 7.35. The SMILES string of the molecule is COc1ccc(Br)c2c1-c1nc(N=Cc3ccccc3O)sc1C2. The van der Waals surface area contributed by atoms with E-state index in [0.717, 1.165) is 27.9 Å². The summed E-state index contributed by atoms with van der Waals surface area (Å²) in [6.45, 7) is 0. The number of phenols is 1. The minimum atomic E-state index is 0.210. The van der Waals surface area contributed by atoms with Crippen LogP contribution in [0.25, 0.3) is 11.3 Å². The summed E-state index contributed by atoms with van der Waals surface area (Å²) in [6.07, 6.45) is 2.47. The lowest BCUT2D eigenvalue weighted by Gasteiger charge is -2.08. The third-order valence-corrected chi connectivity index (χ3v) is 5.65. The van der Waals surface area contributed by atoms with E-state index in [9.17, 15) is 5.11 Å². The van der Waals surface area contributed by atoms with Crippen LogP contribution in [-0.4, -0.2) is 23.4 Å². The Morgan fingerprint density at radius 2 is 2.12 bits per heavy atom. The Hall–Kier alpha value is -2.18. The van der Waals surface area contributed by atoms with E-state index >= 15 is 0 Å². The van der Waals surface area contributed by atoms with Crippen molar-refractivity contribution in [3.05, 3.63) is 56.9 Å². The molecule has 0 fully saturated rings. The van der Waals surface area contributed by atoms with Gasteiger partial charge in [0.05, 0.1) is 12.8 Å². The second kappa shape index (κ2) is 6.03. The van der Waals surface area contributed by atoms with Crippen LogP contribution in [0.15, 0.2) is 45.9 Å². The van der Waals surface area contributed by atoms with E-state index in [-0.39, 0.29) is 5.75 Å². The fourth-order valence-electron chi connectivity index (χ4n) is 2.80. The normalized spacial score (nSPS) is 12.4. The zero-order valence-corrected chi connectivity index (χ0v) is 15.2. The van der Waals surface area contributed by atoms with Crippen LogP contribution in [0.3, 0.4) is 0 Å². The van der Waals surface area contributed by atoms with Crippen molar-refractivity contribution in [2.75, 3.05) is 7.11 Å². The summed E-state index contributed by atoms with van der Waals surface area (Å²) in [6, 6.07) is 11.1. The molecule has 0 saturated carbocycles. The highest BCUT2D eigenvalue weighted by molar-refractivity contribution is 9.10. The molecule has 0 saturated heterocycles. The molecule has 1 aromatic heterocycles. The highest BCUT2D eigenvalue weighted by Gasteiger charge is 2.28. The summed E-state index contributed by atoms with van der Waals surface area (Å²) < 4.78 is 6.57. The molecule has 2 aromatic carbocycles. The molecule has 6 heteroatoms. The van der Waals surface area contributed by atoms with Crippen molar-refractivity contribution in [2.45, 2.75) is 6.42 Å². The van der Waals surface area contributed by atoms with Crippen LogP contribution >= 0.6 is 27.3 Å². The quantitative estimate of drug-likeness (QED) is 0.495. The van der Waals surface area contributed by atoms with Gasteiger partial charge in [0.2, 0.25) is 5.13 Å². The molecule has 0 atom stereocenters. The smallest absolute Gasteiger partial charge is 0.209 e. The van der Waals surface area contributed by atoms with Crippen LogP contribution in [-0.2, 0) is 6.42 Å². The standard InChI is InChI=1S/C18H13BrN2O2S/c1-23-14-7-6-12(19)11-8-15-17(16(11)14)21-18(24-15)20-9-10-4-2-3-5-13(10)22/h2-7,9,22H,8H2,1H3. The van der Waals surface area contributed by atoms with Gasteiger partial charge in [0.15, 0.2) is 0 Å². The molecule has 0 spiro atoms. The average Bonchev–Trinajstić information content (AvgIpc) is 3.13. The van der Waals surface area contributed by atoms with Gasteiger partial charge in [0.1, 0.15) is 11.5 Å². The zero-order valence-electron chi connectivity index (χ0n) is 12.8. The maximum atomic E-state index is 9.80. The number of aromatic hydroxyl groups is 1. The summed E-state index contributed by atoms with van der Waals surface area (Å²) in [7, 11) is 1.67. The van der Waals surface area contributed by atoms with Gasteiger partial charge < -0.3 is 9.84 Å². The third kappa shape index (κ3) is 2.52. The Morgan fingerprint density at radius 1 is 1.29 bits per heavy atom. The molecule has 0 unspecified atom stereocenters. The second-order valence-electron chi connectivity index (χ2n) is 5.37. The summed E-state index contributed by atoms with van der Waals surface area (Å²) in [4.78, 5) is 10.3. The molecule has 120 valence electrons. The van der Waals surface area contributed by atoms with Crippen LogP contribution in [0.2, 0.25) is 0 Å². The van der Waals surface area contributed by atoms with Gasteiger partial charge in [-0.15, -0.1) is 0 Å². The fraction of sp³-hybridized carbons (Fsp3) is 0.111. The maximum Gasteiger partial charge on any atom is 0.209 e. The molecule has 1 aliphatic rings. The van der Waals surface area contributed by atoms with Crippen molar-refractivity contribution >= 4 is 38.6 Å². The van der Waals surface area contributed by atoms with E-state index in [2.05, 4.69) is 25.9 Å². The van der Waals surface area contributed by atoms with E-state index in [1.54, 1.807) is 36.8 Å². The van der Waals surface area contributed by atoms with Crippen LogP contribution in [0.4, 0.5) is 5.13 Å². The number of hydrogen-bond donors (Lipinski definition) is 1. The van der Waals surface area contributed by atoms with Crippen LogP contribution < -0.4 is 4.74 Å². The van der Waals surface area contributed by atoms with Gasteiger partial charge in [0, 0.05) is 33.1 Å². The Kier molecular flexibility index (Phi) is 3.86. The van der Waals surface area contributed by atoms with Gasteiger partial charge in [-0.3, -0.25) is 0 Å². The number of fused-ring (bicyclic) bond motifs is 3. The van der Waals surface area contributed by atoms with E-state index in [1.807, 2.05) is 24.3 Å². The average molecular weight is 401 g/mol. The number of rotatable bonds is 3. The molecule has 1 heterocycles. The minimum absolute atomic E-state index is 0.210. The summed E-state index contributed by atoms with van der Waals surface area (Å²) >= 11 is 5.17. The summed E-state index contributed by atoms with van der Waals surface area (Å²) in [5.41, 5.74) is 3.87. The molecule has 0 amide bonds. The Balaban J connectivity index is 1.72. The largest absolute Gasteiger partial charge is 0.507 e. The number of phenolic OH excluding ortho intramolecular Hbond substituents is 1. The van der Waals surface area contributed by atoms with E-state index in [4.69, 9.17) is 4.74 Å². The lowest BCUT2D eigenvalue weighted by Crippen LogP contribution is -1.90. The molecular formula is C18H13BrN2O2S. The minimum Gasteiger partial charge on any atom is -0.507 e. The molecule has 0 aliphatic heterocycles. The molecule has 4 nitrogen and oxygen atoms in total. The monoisotopic (exact) mass is 400 g/mol. The van der Waals surface area contributed by atoms with Gasteiger partial charge in [-0.2, -0.15) is 0 Å². The molecule has 24 heavy (non-hydrogen) atoms. The number of aromatic nitrogens is 1. The van der Waals surface area contributed by atoms with E-state index < -0.39 is 0 Å². The van der Waals surface area contributed by atoms with Gasteiger partial charge in [-0.25, -0.2) is 9.98 Å². The topological polar surface area (TPSA) is 54.7 Å². The van der Waals surface area contributed by atoms with Crippen molar-refractivity contribution in [1.82, 2.24) is 4.98 Å². The molecule has 0 bridgehead atoms. The molecule has 1 N–H and O–H groups in total. The second-order valence-corrected chi connectivity index (χ2v) is 7.28. The van der Waals surface area contributed by atoms with Crippen molar-refractivity contribution < 1.29 is 9.84 Å². The lowest BCUT2D eigenvalue weighted by atomic mass is 10.1. The first-order chi connectivity index (χ1) is 11.7. The Labute approximate surface area is 151 Å². The molecule has 4 rings (SSSR count). The number of methoxy groups -OCH3 is 1. The Morgan fingerprint density at radius 3 is 2.92 bits per heavy atom. The van der Waals surface area contributed by atoms with Crippen LogP contribution in [0, 0.1) is 0 Å². The summed E-state index contributed by atoms with van der Waals surface area (Å²) in [5, 5.41) is 10.5. The lowest BCUT2D eigenvalue weighted by molar-refractivity contribution is 0.416. The van der Waals surface area contributed by atoms with Crippen molar-refractivity contribution in [2.24, 2.45) is 4.99 Å². The van der Waals surface area contributed by atoms with E-state index in [0.29, 0.717) is 10.7 Å². The predicted octanol–water partition coefficient (Wildman–Crippen LogP) is 4.94. The highest BCUT2D eigenvalue weighted by Crippen LogP contribution is 2.48. The molecular weight excluding hydrogens is 388 g/mol. The van der Waals surface area contributed by atoms with Gasteiger partial charge in [0.25, 0.3) is 0 Å². The fourth-order valence-corrected chi connectivity index (χ4v) is 4.19. The van der Waals surface area contributed by atoms with Crippen molar-refractivity contribution in [3.63, 3.8) is 0 Å². The first kappa shape index (κ1) is 15.4. The number of halogens is 1. The maximum absolute atomic E-state index is 9.80. The number of hydrogen-bond acceptors (Lipinski definition) is 5. The van der Waals surface area contributed by atoms with Gasteiger partial charge in [-0.1, -0.05) is 39.4 Å². The predicted molar refractivity (Wildman–Crippen MR) is 100.0 cm³/mol. The molecule has 1 aliphatic carbocycles. The molecule has 0 radical (unpaired) electrons. The number of aliphatic imine (C=N–C) groups is 1. The Bertz CT molecular complexity index is 966. The third-order valence-electron chi connectivity index (χ3n) is 3.95. The molecule has 3 aromatic rings. The number of ether oxygens (including phenoxy) is 1. The van der Waals surface area contributed by atoms with Gasteiger partial charge >= 0.3 is 0 Å². The zero-order chi connectivity index (χ0) is 16.7. The number of thiazole rings is 1. The number of nitrogens with zero attached hydrogens (tertiary/aromatic N) is 2. The number of para-hydroxylation sites is 1. The van der Waals surface area contributed by atoms with Gasteiger partial charge in [-0.05, 0) is 29.8 Å². The summed E-state index contributed by atoms with van der Waals surface area (Å²) in [5.74, 6) is 1.04. The van der Waals surface area contributed by atoms with Crippen molar-refractivity contribution in [1.29, 1.82) is 0 Å². The number of benzene rings is 2. The highest BCUT2D eigenvalue weighted by atomic mass is 79.9. The van der Waals surface area contributed by atoms with Crippen LogP contribution in [0.1, 0.15) is 16.0 Å². The first-order valence-corrected chi connectivity index (χ1v) is 8.96. The van der Waals surface area contributed by atoms with Crippen molar-refractivity contribution in [3.8, 4) is 22.8 Å².